The molecule has 0 heterocycles. The first-order chi connectivity index (χ1) is 8.45. The quantitative estimate of drug-likeness (QED) is 0.762. The highest BCUT2D eigenvalue weighted by molar-refractivity contribution is 9.41. The molecule has 5 heteroatoms. The van der Waals surface area contributed by atoms with Gasteiger partial charge in [0, 0.05) is 5.66 Å². The van der Waals surface area contributed by atoms with Crippen molar-refractivity contribution in [3.8, 4) is 11.5 Å². The maximum absolute atomic E-state index is 12.6. The predicted molar refractivity (Wildman–Crippen MR) is 82.2 cm³/mol. The summed E-state index contributed by atoms with van der Waals surface area (Å²) in [6.45, 7) is 7.81. The fraction of sp³-hybridized carbons (Fsp3) is 0.538. The zero-order chi connectivity index (χ0) is 14.3. The molecule has 0 aliphatic carbocycles. The number of halogens is 1. The summed E-state index contributed by atoms with van der Waals surface area (Å²) in [5, 5.41) is 0.620. The molecule has 1 aromatic carbocycles. The zero-order valence-electron chi connectivity index (χ0n) is 11.9. The molecule has 3 nitrogen and oxygen atoms in total. The summed E-state index contributed by atoms with van der Waals surface area (Å²) in [7, 11) is 3.12. The Kier molecular flexibility index (Phi) is 7.65. The van der Waals surface area contributed by atoms with Crippen molar-refractivity contribution in [2.24, 2.45) is 0 Å². The first kappa shape index (κ1) is 17.5. The lowest BCUT2D eigenvalue weighted by Crippen LogP contribution is -2.14. The van der Waals surface area contributed by atoms with E-state index in [0.29, 0.717) is 16.8 Å². The minimum Gasteiger partial charge on any atom is -0.496 e. The van der Waals surface area contributed by atoms with E-state index in [9.17, 15) is 4.57 Å². The first-order valence-electron chi connectivity index (χ1n) is 5.96. The molecule has 1 rings (SSSR count). The number of methoxy groups -OCH3 is 2. The molecular weight excluding hydrogens is 315 g/mol. The number of rotatable bonds is 4. The van der Waals surface area contributed by atoms with Gasteiger partial charge in [-0.25, -0.2) is 0 Å². The molecule has 0 amide bonds. The molecule has 0 aliphatic rings. The topological polar surface area (TPSA) is 35.5 Å². The largest absolute Gasteiger partial charge is 0.496 e. The van der Waals surface area contributed by atoms with Gasteiger partial charge in [0.1, 0.15) is 16.8 Å². The second-order valence-corrected chi connectivity index (χ2v) is 9.48. The number of benzene rings is 1. The molecule has 0 bridgehead atoms. The Hall–Kier alpha value is -0.470. The average molecular weight is 337 g/mol. The molecule has 1 atom stereocenters. The summed E-state index contributed by atoms with van der Waals surface area (Å²) >= 11 is 3.33. The Morgan fingerprint density at radius 3 is 1.78 bits per heavy atom. The van der Waals surface area contributed by atoms with E-state index in [1.807, 2.05) is 33.8 Å². The Labute approximate surface area is 118 Å². The first-order valence-corrected chi connectivity index (χ1v) is 9.75. The Bertz CT molecular complexity index is 396. The van der Waals surface area contributed by atoms with E-state index in [2.05, 4.69) is 15.5 Å². The van der Waals surface area contributed by atoms with Gasteiger partial charge in [-0.2, -0.15) is 0 Å². The van der Waals surface area contributed by atoms with Gasteiger partial charge in [-0.05, 0) is 27.6 Å². The van der Waals surface area contributed by atoms with Crippen LogP contribution in [-0.2, 0) is 4.57 Å². The van der Waals surface area contributed by atoms with E-state index in [4.69, 9.17) is 9.47 Å². The molecule has 1 unspecified atom stereocenters. The van der Waals surface area contributed by atoms with Crippen molar-refractivity contribution in [3.63, 3.8) is 0 Å². The van der Waals surface area contributed by atoms with Crippen LogP contribution in [0.2, 0.25) is 0 Å². The maximum atomic E-state index is 12.6. The molecule has 18 heavy (non-hydrogen) atoms. The van der Waals surface area contributed by atoms with Crippen LogP contribution in [0.1, 0.15) is 27.7 Å². The van der Waals surface area contributed by atoms with Gasteiger partial charge in [-0.1, -0.05) is 33.8 Å². The van der Waals surface area contributed by atoms with Crippen LogP contribution in [0.25, 0.3) is 0 Å². The van der Waals surface area contributed by atoms with E-state index in [1.54, 1.807) is 26.4 Å². The van der Waals surface area contributed by atoms with Crippen molar-refractivity contribution in [3.05, 3.63) is 18.2 Å². The highest BCUT2D eigenvalue weighted by Crippen LogP contribution is 2.60. The van der Waals surface area contributed by atoms with Gasteiger partial charge in [0.2, 0.25) is 0 Å². The van der Waals surface area contributed by atoms with Gasteiger partial charge in [0.25, 0.3) is 0 Å². The van der Waals surface area contributed by atoms with Crippen molar-refractivity contribution in [2.75, 3.05) is 14.2 Å². The van der Waals surface area contributed by atoms with Crippen molar-refractivity contribution in [1.29, 1.82) is 0 Å². The average Bonchev–Trinajstić information content (AvgIpc) is 2.39. The second kappa shape index (κ2) is 7.85. The SMILES string of the molecule is CC.COc1cccc(OC)c1P(=O)(Br)C(C)C. The van der Waals surface area contributed by atoms with Gasteiger partial charge in [-0.15, -0.1) is 0 Å². The van der Waals surface area contributed by atoms with Crippen molar-refractivity contribution < 1.29 is 14.0 Å². The predicted octanol–water partition coefficient (Wildman–Crippen LogP) is 4.44. The van der Waals surface area contributed by atoms with Crippen LogP contribution >= 0.6 is 21.3 Å². The summed E-state index contributed by atoms with van der Waals surface area (Å²) in [6.07, 6.45) is 0. The highest BCUT2D eigenvalue weighted by atomic mass is 79.9. The molecule has 0 fully saturated rings. The highest BCUT2D eigenvalue weighted by Gasteiger charge is 2.32. The summed E-state index contributed by atoms with van der Waals surface area (Å²) in [5.74, 6) is -1.48. The Morgan fingerprint density at radius 2 is 1.50 bits per heavy atom. The van der Waals surface area contributed by atoms with Crippen LogP contribution < -0.4 is 14.8 Å². The third-order valence-electron chi connectivity index (χ3n) is 2.37. The van der Waals surface area contributed by atoms with Crippen molar-refractivity contribution in [1.82, 2.24) is 0 Å². The fourth-order valence-corrected chi connectivity index (χ4v) is 3.89. The molecule has 0 aliphatic heterocycles. The maximum Gasteiger partial charge on any atom is 0.185 e. The number of ether oxygens (including phenoxy) is 2. The molecule has 0 N–H and O–H groups in total. The lowest BCUT2D eigenvalue weighted by Gasteiger charge is -2.20. The third-order valence-corrected chi connectivity index (χ3v) is 8.27. The molecule has 1 aromatic rings. The number of hydrogen-bond donors (Lipinski definition) is 0. The molecular formula is C13H22BrO3P. The van der Waals surface area contributed by atoms with E-state index in [-0.39, 0.29) is 5.66 Å². The molecule has 0 aromatic heterocycles. The zero-order valence-corrected chi connectivity index (χ0v) is 14.3. The van der Waals surface area contributed by atoms with Crippen LogP contribution in [0.15, 0.2) is 18.2 Å². The standard InChI is InChI=1S/C11H16BrO3P.C2H6/c1-8(2)16(12,13)11-9(14-3)6-5-7-10(11)15-4;1-2/h5-8H,1-4H3;1-2H3. The van der Waals surface area contributed by atoms with Gasteiger partial charge >= 0.3 is 0 Å². The van der Waals surface area contributed by atoms with Crippen molar-refractivity contribution in [2.45, 2.75) is 33.4 Å². The molecule has 0 radical (unpaired) electrons. The Balaban J connectivity index is 0.00000137. The van der Waals surface area contributed by atoms with Crippen LogP contribution in [0.3, 0.4) is 0 Å². The fourth-order valence-electron chi connectivity index (χ4n) is 1.39. The monoisotopic (exact) mass is 336 g/mol. The van der Waals surface area contributed by atoms with E-state index >= 15 is 0 Å². The lowest BCUT2D eigenvalue weighted by molar-refractivity contribution is 0.400. The molecule has 0 saturated carbocycles. The molecule has 104 valence electrons. The van der Waals surface area contributed by atoms with Gasteiger partial charge in [-0.3, -0.25) is 0 Å². The van der Waals surface area contributed by atoms with E-state index in [1.165, 1.54) is 0 Å². The molecule has 0 spiro atoms. The minimum atomic E-state index is -2.66. The van der Waals surface area contributed by atoms with Gasteiger partial charge in [0.05, 0.1) is 14.2 Å². The van der Waals surface area contributed by atoms with Crippen molar-refractivity contribution >= 4 is 26.6 Å². The lowest BCUT2D eigenvalue weighted by atomic mass is 10.3. The van der Waals surface area contributed by atoms with Crippen LogP contribution in [0, 0.1) is 0 Å². The van der Waals surface area contributed by atoms with Gasteiger partial charge in [0.15, 0.2) is 5.84 Å². The van der Waals surface area contributed by atoms with Gasteiger partial charge < -0.3 is 14.0 Å². The van der Waals surface area contributed by atoms with E-state index < -0.39 is 5.84 Å². The second-order valence-electron chi connectivity index (χ2n) is 3.68. The van der Waals surface area contributed by atoms with Crippen LogP contribution in [0.5, 0.6) is 11.5 Å². The minimum absolute atomic E-state index is 0.0160. The van der Waals surface area contributed by atoms with Crippen LogP contribution in [0.4, 0.5) is 0 Å². The summed E-state index contributed by atoms with van der Waals surface area (Å²) in [5.41, 5.74) is -0.0160. The Morgan fingerprint density at radius 1 is 1.11 bits per heavy atom. The summed E-state index contributed by atoms with van der Waals surface area (Å²) in [6, 6.07) is 5.39. The third kappa shape index (κ3) is 3.76. The van der Waals surface area contributed by atoms with E-state index in [0.717, 1.165) is 0 Å². The van der Waals surface area contributed by atoms with Crippen LogP contribution in [-0.4, -0.2) is 19.9 Å². The normalized spacial score (nSPS) is 13.3. The summed E-state index contributed by atoms with van der Waals surface area (Å²) < 4.78 is 23.1. The summed E-state index contributed by atoms with van der Waals surface area (Å²) in [4.78, 5) is 0. The molecule has 0 saturated heterocycles. The smallest absolute Gasteiger partial charge is 0.185 e. The number of hydrogen-bond acceptors (Lipinski definition) is 3.